The number of ketones is 1. The van der Waals surface area contributed by atoms with Gasteiger partial charge in [-0.2, -0.15) is 0 Å². The van der Waals surface area contributed by atoms with Gasteiger partial charge in [0.05, 0.1) is 0 Å². The summed E-state index contributed by atoms with van der Waals surface area (Å²) in [5, 5.41) is 0. The number of ether oxygens (including phenoxy) is 3. The third-order valence-electron chi connectivity index (χ3n) is 19.0. The fraction of sp³-hybridized carbons (Fsp3) is 0.803. The van der Waals surface area contributed by atoms with Crippen LogP contribution in [0, 0.1) is 51.8 Å². The van der Waals surface area contributed by atoms with Gasteiger partial charge in [-0.25, -0.2) is 14.4 Å². The molecule has 0 aromatic carbocycles. The summed E-state index contributed by atoms with van der Waals surface area (Å²) in [4.78, 5) is 47.5. The van der Waals surface area contributed by atoms with Gasteiger partial charge in [-0.1, -0.05) is 106 Å². The first kappa shape index (κ1) is 56.0. The first-order valence-electron chi connectivity index (χ1n) is 27.7. The third-order valence-corrected chi connectivity index (χ3v) is 19.0. The predicted octanol–water partition coefficient (Wildman–Crippen LogP) is 16.1. The van der Waals surface area contributed by atoms with E-state index in [0.29, 0.717) is 16.7 Å². The second-order valence-corrected chi connectivity index (χ2v) is 25.5. The number of carbonyl (C=O) groups excluding carboxylic acids is 4. The van der Waals surface area contributed by atoms with Crippen molar-refractivity contribution in [2.45, 2.75) is 259 Å². The van der Waals surface area contributed by atoms with Crippen molar-refractivity contribution in [2.24, 2.45) is 51.8 Å². The molecule has 0 aromatic rings. The quantitative estimate of drug-likeness (QED) is 0.103. The lowest BCUT2D eigenvalue weighted by molar-refractivity contribution is -0.208. The minimum absolute atomic E-state index is 0.00854. The van der Waals surface area contributed by atoms with Crippen molar-refractivity contribution in [3.05, 3.63) is 48.6 Å². The van der Waals surface area contributed by atoms with Crippen molar-refractivity contribution in [3.8, 4) is 0 Å². The molecule has 68 heavy (non-hydrogen) atoms. The lowest BCUT2D eigenvalue weighted by Crippen LogP contribution is -2.59. The first-order chi connectivity index (χ1) is 31.9. The maximum Gasteiger partial charge on any atom is 0.333 e. The molecule has 0 aromatic heterocycles. The summed E-state index contributed by atoms with van der Waals surface area (Å²) in [6, 6.07) is 0. The minimum atomic E-state index is -0.275. The summed E-state index contributed by atoms with van der Waals surface area (Å²) in [6.45, 7) is 35.0. The van der Waals surface area contributed by atoms with Crippen LogP contribution in [0.25, 0.3) is 0 Å². The topological polar surface area (TPSA) is 96.0 Å². The Hall–Kier alpha value is -2.96. The molecule has 10 fully saturated rings. The molecule has 0 aliphatic heterocycles. The van der Waals surface area contributed by atoms with Crippen LogP contribution in [0.15, 0.2) is 48.6 Å². The molecule has 0 amide bonds. The zero-order chi connectivity index (χ0) is 50.3. The van der Waals surface area contributed by atoms with Gasteiger partial charge in [0.25, 0.3) is 0 Å². The van der Waals surface area contributed by atoms with Crippen molar-refractivity contribution in [3.63, 3.8) is 0 Å². The molecule has 7 heteroatoms. The molecule has 0 N–H and O–H groups in total. The zero-order valence-corrected chi connectivity index (χ0v) is 45.2. The van der Waals surface area contributed by atoms with Crippen LogP contribution in [0.2, 0.25) is 0 Å². The smallest absolute Gasteiger partial charge is 0.333 e. The number of hydrogen-bond donors (Lipinski definition) is 0. The van der Waals surface area contributed by atoms with E-state index in [2.05, 4.69) is 67.9 Å². The Balaban J connectivity index is 0.000000171. The maximum atomic E-state index is 12.2. The Morgan fingerprint density at radius 3 is 1.22 bits per heavy atom. The van der Waals surface area contributed by atoms with Gasteiger partial charge in [0.2, 0.25) is 0 Å². The molecule has 0 heterocycles. The number of allylic oxidation sites excluding steroid dienone is 1. The number of Topliss-reactive ketones (excluding diaryl/α,β-unsaturated/α-hetero) is 1. The van der Waals surface area contributed by atoms with E-state index in [1.165, 1.54) is 103 Å². The molecule has 8 bridgehead atoms. The van der Waals surface area contributed by atoms with E-state index < -0.39 is 0 Å². The molecular weight excluding hydrogens is 845 g/mol. The van der Waals surface area contributed by atoms with E-state index in [9.17, 15) is 19.2 Å². The zero-order valence-electron chi connectivity index (χ0n) is 45.2. The van der Waals surface area contributed by atoms with Crippen molar-refractivity contribution < 1.29 is 33.4 Å². The van der Waals surface area contributed by atoms with Crippen LogP contribution >= 0.6 is 0 Å². The monoisotopic (exact) mass is 943 g/mol. The second kappa shape index (κ2) is 23.1. The fourth-order valence-electron chi connectivity index (χ4n) is 15.6. The summed E-state index contributed by atoms with van der Waals surface area (Å²) in [7, 11) is 0. The van der Waals surface area contributed by atoms with Crippen LogP contribution in [0.3, 0.4) is 0 Å². The minimum Gasteiger partial charge on any atom is -0.456 e. The van der Waals surface area contributed by atoms with Crippen LogP contribution in [-0.4, -0.2) is 40.5 Å². The van der Waals surface area contributed by atoms with Gasteiger partial charge in [-0.05, 0) is 203 Å². The molecule has 0 atom stereocenters. The normalized spacial score (nSPS) is 31.4. The molecule has 384 valence electrons. The van der Waals surface area contributed by atoms with E-state index in [1.54, 1.807) is 20.8 Å². The Morgan fingerprint density at radius 1 is 0.500 bits per heavy atom. The molecule has 10 aliphatic carbocycles. The number of rotatable bonds is 13. The summed E-state index contributed by atoms with van der Waals surface area (Å²) >= 11 is 0. The fourth-order valence-corrected chi connectivity index (χ4v) is 15.6. The van der Waals surface area contributed by atoms with E-state index in [1.807, 2.05) is 6.92 Å². The van der Waals surface area contributed by atoms with E-state index in [4.69, 9.17) is 14.2 Å². The highest BCUT2D eigenvalue weighted by Crippen LogP contribution is 2.66. The Labute approximate surface area is 415 Å². The van der Waals surface area contributed by atoms with E-state index in [0.717, 1.165) is 112 Å². The van der Waals surface area contributed by atoms with Crippen LogP contribution < -0.4 is 0 Å². The van der Waals surface area contributed by atoms with Gasteiger partial charge in [-0.15, -0.1) is 0 Å². The molecule has 10 rings (SSSR count). The largest absolute Gasteiger partial charge is 0.456 e. The molecule has 0 unspecified atom stereocenters. The number of hydrogen-bond acceptors (Lipinski definition) is 7. The Kier molecular flexibility index (Phi) is 19.0. The predicted molar refractivity (Wildman–Crippen MR) is 278 cm³/mol. The van der Waals surface area contributed by atoms with Crippen molar-refractivity contribution in [1.29, 1.82) is 0 Å². The molecule has 7 nitrogen and oxygen atoms in total. The molecule has 10 saturated carbocycles. The van der Waals surface area contributed by atoms with Crippen molar-refractivity contribution >= 4 is 23.7 Å². The highest BCUT2D eigenvalue weighted by atomic mass is 16.6. The average molecular weight is 943 g/mol. The number of esters is 3. The van der Waals surface area contributed by atoms with Gasteiger partial charge in [0.15, 0.2) is 5.78 Å². The SMILES string of the molecule is C=C(C)C(=O)CC1(CC)CCCCCCC1.C=C(C)C(=O)OC(CC)(CC)C12CC3CC(CC(C3)C1)C2.C=C(C)C(=O)OC1(C(C)(C)C)CCCC1.C=C(C)C(=O)OC12CC3CC(CC(C3)C1)C2. The van der Waals surface area contributed by atoms with Crippen LogP contribution in [0.5, 0.6) is 0 Å². The molecule has 10 aliphatic rings. The highest BCUT2D eigenvalue weighted by molar-refractivity contribution is 5.94. The van der Waals surface area contributed by atoms with Gasteiger partial charge < -0.3 is 14.2 Å². The first-order valence-corrected chi connectivity index (χ1v) is 27.7. The lowest BCUT2D eigenvalue weighted by Gasteiger charge is -2.63. The molecule has 0 saturated heterocycles. The summed E-state index contributed by atoms with van der Waals surface area (Å²) in [5.74, 6) is 4.80. The van der Waals surface area contributed by atoms with Crippen LogP contribution in [0.4, 0.5) is 0 Å². The molecule has 0 radical (unpaired) electrons. The maximum absolute atomic E-state index is 12.2. The Bertz CT molecular complexity index is 1750. The van der Waals surface area contributed by atoms with Gasteiger partial charge in [0, 0.05) is 34.0 Å². The van der Waals surface area contributed by atoms with E-state index in [-0.39, 0.29) is 56.7 Å². The summed E-state index contributed by atoms with van der Waals surface area (Å²) in [5.41, 5.74) is 2.19. The van der Waals surface area contributed by atoms with E-state index >= 15 is 0 Å². The van der Waals surface area contributed by atoms with Gasteiger partial charge in [-0.3, -0.25) is 4.79 Å². The highest BCUT2D eigenvalue weighted by Gasteiger charge is 2.61. The summed E-state index contributed by atoms with van der Waals surface area (Å²) < 4.78 is 17.6. The van der Waals surface area contributed by atoms with Gasteiger partial charge in [0.1, 0.15) is 16.8 Å². The molecule has 0 spiro atoms. The van der Waals surface area contributed by atoms with Crippen LogP contribution in [0.1, 0.15) is 243 Å². The third kappa shape index (κ3) is 13.3. The van der Waals surface area contributed by atoms with Crippen molar-refractivity contribution in [1.82, 2.24) is 0 Å². The molecular formula is C61H98O7. The van der Waals surface area contributed by atoms with Gasteiger partial charge >= 0.3 is 17.9 Å². The second-order valence-electron chi connectivity index (χ2n) is 25.5. The summed E-state index contributed by atoms with van der Waals surface area (Å²) in [6.07, 6.45) is 32.8. The average Bonchev–Trinajstić information content (AvgIpc) is 3.73. The van der Waals surface area contributed by atoms with Crippen molar-refractivity contribution in [2.75, 3.05) is 0 Å². The standard InChI is InChI=1S/C19H30O2.C15H26O.C14H20O2.C13H22O2/c1-5-19(6-2,21-17(20)13(3)4)18-10-14-7-15(11-18)9-16(8-14)12-18;1-4-15(12-14(16)13(2)3)10-8-6-5-7-9-11-15;1-9(2)13(15)16-14-6-10-3-11(7-14)5-12(4-10)8-14;1-10(2)11(14)15-13(12(3,4)5)8-6-7-9-13/h14-16H,3,5-12H2,1-2,4H3;2,4-12H2,1,3H3;10-12H,1,3-8H2,2H3;1,6-9H2,2-5H3. The van der Waals surface area contributed by atoms with Crippen LogP contribution in [-0.2, 0) is 33.4 Å². The Morgan fingerprint density at radius 2 is 0.868 bits per heavy atom. The number of carbonyl (C=O) groups is 4. The lowest BCUT2D eigenvalue weighted by atomic mass is 9.44.